The molecule has 0 aliphatic rings. The highest BCUT2D eigenvalue weighted by Crippen LogP contribution is 2.15. The Hall–Kier alpha value is -1.22. The van der Waals surface area contributed by atoms with Gasteiger partial charge in [0, 0.05) is 11.5 Å². The maximum absolute atomic E-state index is 11.2. The first-order chi connectivity index (χ1) is 6.48. The van der Waals surface area contributed by atoms with Crippen LogP contribution in [-0.2, 0) is 9.53 Å². The molecule has 0 spiro atoms. The van der Waals surface area contributed by atoms with Gasteiger partial charge in [-0.2, -0.15) is 0 Å². The summed E-state index contributed by atoms with van der Waals surface area (Å²) in [6.07, 6.45) is 1.49. The highest BCUT2D eigenvalue weighted by molar-refractivity contribution is 5.75. The molecule has 14 heavy (non-hydrogen) atoms. The lowest BCUT2D eigenvalue weighted by molar-refractivity contribution is -0.153. The molecule has 0 aromatic carbocycles. The van der Waals surface area contributed by atoms with Gasteiger partial charge in [-0.3, -0.25) is 4.79 Å². The van der Waals surface area contributed by atoms with Gasteiger partial charge in [0.1, 0.15) is 0 Å². The number of ether oxygens (including phenoxy) is 1. The van der Waals surface area contributed by atoms with Gasteiger partial charge in [0.15, 0.2) is 0 Å². The highest BCUT2D eigenvalue weighted by Gasteiger charge is 2.22. The van der Waals surface area contributed by atoms with Crippen LogP contribution in [0.2, 0.25) is 0 Å². The standard InChI is InChI=1S/C9H17N3O2/c1-9(2,3)8(13)14-7-5-4-6-11-12-10/h4-7H2,1-3H3. The molecule has 80 valence electrons. The van der Waals surface area contributed by atoms with Gasteiger partial charge in [0.25, 0.3) is 0 Å². The molecule has 0 aliphatic carbocycles. The van der Waals surface area contributed by atoms with Crippen molar-refractivity contribution in [2.24, 2.45) is 10.5 Å². The van der Waals surface area contributed by atoms with Crippen LogP contribution >= 0.6 is 0 Å². The zero-order valence-electron chi connectivity index (χ0n) is 8.99. The van der Waals surface area contributed by atoms with Gasteiger partial charge in [0.05, 0.1) is 12.0 Å². The third-order valence-corrected chi connectivity index (χ3v) is 1.56. The van der Waals surface area contributed by atoms with Crippen molar-refractivity contribution in [3.05, 3.63) is 10.4 Å². The molecule has 0 amide bonds. The summed E-state index contributed by atoms with van der Waals surface area (Å²) >= 11 is 0. The van der Waals surface area contributed by atoms with Crippen LogP contribution in [0.5, 0.6) is 0 Å². The van der Waals surface area contributed by atoms with Crippen molar-refractivity contribution in [3.8, 4) is 0 Å². The lowest BCUT2D eigenvalue weighted by Gasteiger charge is -2.16. The maximum atomic E-state index is 11.2. The van der Waals surface area contributed by atoms with Crippen LogP contribution in [0.1, 0.15) is 33.6 Å². The Morgan fingerprint density at radius 3 is 2.57 bits per heavy atom. The molecule has 5 heteroatoms. The molecule has 0 aromatic rings. The van der Waals surface area contributed by atoms with Crippen molar-refractivity contribution in [1.82, 2.24) is 0 Å². The molecule has 0 aromatic heterocycles. The highest BCUT2D eigenvalue weighted by atomic mass is 16.5. The summed E-state index contributed by atoms with van der Waals surface area (Å²) in [4.78, 5) is 13.9. The van der Waals surface area contributed by atoms with Gasteiger partial charge in [-0.1, -0.05) is 5.11 Å². The number of unbranched alkanes of at least 4 members (excludes halogenated alkanes) is 1. The van der Waals surface area contributed by atoms with Crippen LogP contribution < -0.4 is 0 Å². The summed E-state index contributed by atoms with van der Waals surface area (Å²) < 4.78 is 5.01. The first-order valence-electron chi connectivity index (χ1n) is 4.66. The first kappa shape index (κ1) is 12.8. The largest absolute Gasteiger partial charge is 0.465 e. The van der Waals surface area contributed by atoms with Crippen molar-refractivity contribution in [3.63, 3.8) is 0 Å². The van der Waals surface area contributed by atoms with Gasteiger partial charge >= 0.3 is 5.97 Å². The Labute approximate surface area is 84.1 Å². The number of carbonyl (C=O) groups is 1. The van der Waals surface area contributed by atoms with Gasteiger partial charge < -0.3 is 4.74 Å². The van der Waals surface area contributed by atoms with E-state index in [1.807, 2.05) is 20.8 Å². The summed E-state index contributed by atoms with van der Waals surface area (Å²) in [6.45, 7) is 6.31. The number of esters is 1. The smallest absolute Gasteiger partial charge is 0.311 e. The fourth-order valence-electron chi connectivity index (χ4n) is 0.711. The van der Waals surface area contributed by atoms with E-state index >= 15 is 0 Å². The second-order valence-electron chi connectivity index (χ2n) is 4.05. The molecule has 0 saturated carbocycles. The van der Waals surface area contributed by atoms with Crippen molar-refractivity contribution in [2.75, 3.05) is 13.2 Å². The average molecular weight is 199 g/mol. The zero-order valence-corrected chi connectivity index (χ0v) is 8.99. The van der Waals surface area contributed by atoms with E-state index in [0.29, 0.717) is 13.2 Å². The van der Waals surface area contributed by atoms with Gasteiger partial charge in [-0.05, 0) is 39.1 Å². The lowest BCUT2D eigenvalue weighted by atomic mass is 9.97. The molecular weight excluding hydrogens is 182 g/mol. The summed E-state index contributed by atoms with van der Waals surface area (Å²) in [5.41, 5.74) is 7.55. The number of nitrogens with zero attached hydrogens (tertiary/aromatic N) is 3. The molecule has 0 atom stereocenters. The van der Waals surface area contributed by atoms with Gasteiger partial charge in [-0.25, -0.2) is 0 Å². The molecular formula is C9H17N3O2. The van der Waals surface area contributed by atoms with E-state index in [4.69, 9.17) is 10.3 Å². The van der Waals surface area contributed by atoms with Crippen LogP contribution in [0.25, 0.3) is 10.4 Å². The van der Waals surface area contributed by atoms with Gasteiger partial charge in [0.2, 0.25) is 0 Å². The summed E-state index contributed by atoms with van der Waals surface area (Å²) in [5.74, 6) is -0.193. The van der Waals surface area contributed by atoms with Crippen LogP contribution in [0.3, 0.4) is 0 Å². The maximum Gasteiger partial charge on any atom is 0.311 e. The Morgan fingerprint density at radius 1 is 1.43 bits per heavy atom. The monoisotopic (exact) mass is 199 g/mol. The van der Waals surface area contributed by atoms with Crippen molar-refractivity contribution < 1.29 is 9.53 Å². The number of azide groups is 1. The van der Waals surface area contributed by atoms with Crippen LogP contribution in [0.4, 0.5) is 0 Å². The van der Waals surface area contributed by atoms with E-state index in [1.54, 1.807) is 0 Å². The van der Waals surface area contributed by atoms with E-state index < -0.39 is 5.41 Å². The molecule has 0 aliphatic heterocycles. The molecule has 0 heterocycles. The molecule has 0 bridgehead atoms. The quantitative estimate of drug-likeness (QED) is 0.224. The predicted molar refractivity (Wildman–Crippen MR) is 53.7 cm³/mol. The minimum Gasteiger partial charge on any atom is -0.465 e. The Bertz CT molecular complexity index is 227. The molecule has 0 N–H and O–H groups in total. The minimum absolute atomic E-state index is 0.193. The molecule has 5 nitrogen and oxygen atoms in total. The second-order valence-corrected chi connectivity index (χ2v) is 4.05. The Kier molecular flexibility index (Phi) is 5.72. The number of carbonyl (C=O) groups excluding carboxylic acids is 1. The van der Waals surface area contributed by atoms with Crippen molar-refractivity contribution in [1.29, 1.82) is 0 Å². The van der Waals surface area contributed by atoms with Crippen LogP contribution in [0.15, 0.2) is 5.11 Å². The molecule has 0 unspecified atom stereocenters. The van der Waals surface area contributed by atoms with E-state index in [0.717, 1.165) is 12.8 Å². The average Bonchev–Trinajstić information content (AvgIpc) is 2.09. The van der Waals surface area contributed by atoms with E-state index in [1.165, 1.54) is 0 Å². The molecule has 0 fully saturated rings. The molecule has 0 saturated heterocycles. The summed E-state index contributed by atoms with van der Waals surface area (Å²) in [5, 5.41) is 3.38. The SMILES string of the molecule is CC(C)(C)C(=O)OCCCCN=[N+]=[N-]. The van der Waals surface area contributed by atoms with E-state index in [-0.39, 0.29) is 5.97 Å². The predicted octanol–water partition coefficient (Wildman–Crippen LogP) is 2.67. The van der Waals surface area contributed by atoms with Crippen LogP contribution in [0, 0.1) is 5.41 Å². The second kappa shape index (κ2) is 6.27. The zero-order chi connectivity index (χ0) is 11.0. The Morgan fingerprint density at radius 2 is 2.07 bits per heavy atom. The van der Waals surface area contributed by atoms with E-state index in [9.17, 15) is 4.79 Å². The van der Waals surface area contributed by atoms with Crippen LogP contribution in [-0.4, -0.2) is 19.1 Å². The normalized spacial score (nSPS) is 10.5. The third kappa shape index (κ3) is 6.31. The number of rotatable bonds is 5. The number of hydrogen-bond donors (Lipinski definition) is 0. The first-order valence-corrected chi connectivity index (χ1v) is 4.66. The van der Waals surface area contributed by atoms with Crippen molar-refractivity contribution >= 4 is 5.97 Å². The third-order valence-electron chi connectivity index (χ3n) is 1.56. The fourth-order valence-corrected chi connectivity index (χ4v) is 0.711. The summed E-state index contributed by atoms with van der Waals surface area (Å²) in [7, 11) is 0. The minimum atomic E-state index is -0.440. The van der Waals surface area contributed by atoms with Gasteiger partial charge in [-0.15, -0.1) is 0 Å². The Balaban J connectivity index is 3.46. The molecule has 0 rings (SSSR count). The fraction of sp³-hybridized carbons (Fsp3) is 0.889. The molecule has 0 radical (unpaired) electrons. The van der Waals surface area contributed by atoms with Crippen molar-refractivity contribution in [2.45, 2.75) is 33.6 Å². The summed E-state index contributed by atoms with van der Waals surface area (Å²) in [6, 6.07) is 0. The lowest BCUT2D eigenvalue weighted by Crippen LogP contribution is -2.23. The number of hydrogen-bond acceptors (Lipinski definition) is 3. The van der Waals surface area contributed by atoms with E-state index in [2.05, 4.69) is 10.0 Å². The topological polar surface area (TPSA) is 75.1 Å².